The van der Waals surface area contributed by atoms with Gasteiger partial charge in [0.05, 0.1) is 18.6 Å². The number of rotatable bonds is 8. The average molecular weight is 400 g/mol. The van der Waals surface area contributed by atoms with E-state index in [9.17, 15) is 24.3 Å². The molecule has 2 aliphatic rings. The molecule has 2 unspecified atom stereocenters. The van der Waals surface area contributed by atoms with Crippen molar-refractivity contribution in [1.29, 1.82) is 0 Å². The number of carboxylic acid groups (broad SMARTS) is 1. The van der Waals surface area contributed by atoms with Gasteiger partial charge in [-0.25, -0.2) is 4.79 Å². The summed E-state index contributed by atoms with van der Waals surface area (Å²) in [6, 6.07) is 6.44. The van der Waals surface area contributed by atoms with Crippen LogP contribution in [0.4, 0.5) is 0 Å². The lowest BCUT2D eigenvalue weighted by Crippen LogP contribution is -2.38. The Morgan fingerprint density at radius 2 is 1.72 bits per heavy atom. The minimum Gasteiger partial charge on any atom is -0.504 e. The smallest absolute Gasteiger partial charge is 0.334 e. The summed E-state index contributed by atoms with van der Waals surface area (Å²) in [7, 11) is 0. The Balaban J connectivity index is 1.57. The van der Waals surface area contributed by atoms with Crippen LogP contribution in [0, 0.1) is 5.92 Å². The molecule has 0 spiro atoms. The summed E-state index contributed by atoms with van der Waals surface area (Å²) >= 11 is 0. The van der Waals surface area contributed by atoms with Gasteiger partial charge in [-0.2, -0.15) is 0 Å². The van der Waals surface area contributed by atoms with Gasteiger partial charge in [-0.1, -0.05) is 24.3 Å². The number of ether oxygens (including phenoxy) is 2. The Bertz CT molecular complexity index is 911. The maximum absolute atomic E-state index is 12.6. The Kier molecular flexibility index (Phi) is 6.11. The topological polar surface area (TPSA) is 127 Å². The largest absolute Gasteiger partial charge is 0.504 e. The maximum Gasteiger partial charge on any atom is 0.334 e. The second kappa shape index (κ2) is 8.72. The number of carbonyl (C=O) groups excluding carboxylic acids is 3. The molecule has 152 valence electrons. The van der Waals surface area contributed by atoms with Crippen molar-refractivity contribution < 1.29 is 38.9 Å². The van der Waals surface area contributed by atoms with Crippen molar-refractivity contribution in [2.24, 2.45) is 5.92 Å². The van der Waals surface area contributed by atoms with E-state index in [1.807, 2.05) is 0 Å². The summed E-state index contributed by atoms with van der Waals surface area (Å²) in [5, 5.41) is 18.7. The third-order valence-corrected chi connectivity index (χ3v) is 4.72. The molecule has 2 atom stereocenters. The van der Waals surface area contributed by atoms with Gasteiger partial charge >= 0.3 is 11.9 Å². The van der Waals surface area contributed by atoms with Crippen LogP contribution in [0.3, 0.4) is 0 Å². The van der Waals surface area contributed by atoms with Gasteiger partial charge in [-0.05, 0) is 25.3 Å². The Morgan fingerprint density at radius 1 is 1.03 bits per heavy atom. The van der Waals surface area contributed by atoms with Gasteiger partial charge < -0.3 is 19.7 Å². The molecule has 2 N–H and O–H groups in total. The zero-order valence-corrected chi connectivity index (χ0v) is 15.5. The van der Waals surface area contributed by atoms with E-state index < -0.39 is 29.7 Å². The van der Waals surface area contributed by atoms with Crippen LogP contribution in [0.2, 0.25) is 0 Å². The molecular weight excluding hydrogens is 380 g/mol. The lowest BCUT2D eigenvalue weighted by atomic mass is 9.80. The standard InChI is InChI=1S/C21H20O8/c22-15(11-18(25)28-9-5-1-2-8-17(23)24)16-10-14-19(26)12-6-3-4-7-13(12)20(27)21(14)29-16/h3-4,6-7,10-11,14,21-22H,1-2,5,8-9H2,(H,23,24)/b15-11-. The zero-order valence-electron chi connectivity index (χ0n) is 15.5. The van der Waals surface area contributed by atoms with Crippen LogP contribution in [0.25, 0.3) is 0 Å². The molecule has 3 rings (SSSR count). The lowest BCUT2D eigenvalue weighted by molar-refractivity contribution is -0.139. The minimum atomic E-state index is -1.06. The Labute approximate surface area is 166 Å². The molecule has 1 aromatic rings. The van der Waals surface area contributed by atoms with Crippen LogP contribution in [0.1, 0.15) is 46.4 Å². The van der Waals surface area contributed by atoms with E-state index >= 15 is 0 Å². The third-order valence-electron chi connectivity index (χ3n) is 4.72. The van der Waals surface area contributed by atoms with Gasteiger partial charge in [0.25, 0.3) is 0 Å². The number of carbonyl (C=O) groups is 4. The molecule has 0 aromatic heterocycles. The molecule has 0 radical (unpaired) electrons. The highest BCUT2D eigenvalue weighted by Crippen LogP contribution is 2.36. The third kappa shape index (κ3) is 4.53. The van der Waals surface area contributed by atoms with Crippen molar-refractivity contribution in [3.8, 4) is 0 Å². The number of benzene rings is 1. The van der Waals surface area contributed by atoms with Gasteiger partial charge in [0.15, 0.2) is 23.4 Å². The first-order valence-electron chi connectivity index (χ1n) is 9.24. The number of aliphatic hydroxyl groups excluding tert-OH is 1. The second-order valence-corrected chi connectivity index (χ2v) is 6.77. The minimum absolute atomic E-state index is 0.0593. The van der Waals surface area contributed by atoms with Gasteiger partial charge in [0.1, 0.15) is 0 Å². The molecule has 29 heavy (non-hydrogen) atoms. The molecule has 0 saturated carbocycles. The fourth-order valence-electron chi connectivity index (χ4n) is 3.27. The predicted octanol–water partition coefficient (Wildman–Crippen LogP) is 2.59. The first kappa shape index (κ1) is 20.3. The van der Waals surface area contributed by atoms with Crippen LogP contribution in [-0.2, 0) is 19.1 Å². The number of Topliss-reactive ketones (excluding diaryl/α,β-unsaturated/α-hetero) is 2. The average Bonchev–Trinajstić information content (AvgIpc) is 3.15. The van der Waals surface area contributed by atoms with Crippen molar-refractivity contribution in [1.82, 2.24) is 0 Å². The summed E-state index contributed by atoms with van der Waals surface area (Å²) in [5.74, 6) is -3.81. The zero-order chi connectivity index (χ0) is 21.0. The monoisotopic (exact) mass is 400 g/mol. The molecule has 1 aliphatic carbocycles. The Hall–Kier alpha value is -3.42. The number of hydrogen-bond donors (Lipinski definition) is 2. The number of hydrogen-bond acceptors (Lipinski definition) is 7. The summed E-state index contributed by atoms with van der Waals surface area (Å²) in [6.45, 7) is 0.0830. The summed E-state index contributed by atoms with van der Waals surface area (Å²) in [5.41, 5.74) is 0.588. The highest BCUT2D eigenvalue weighted by Gasteiger charge is 2.46. The number of aliphatic hydroxyl groups is 1. The maximum atomic E-state index is 12.6. The van der Waals surface area contributed by atoms with Gasteiger partial charge in [-0.15, -0.1) is 0 Å². The van der Waals surface area contributed by atoms with E-state index in [4.69, 9.17) is 14.6 Å². The highest BCUT2D eigenvalue weighted by atomic mass is 16.5. The summed E-state index contributed by atoms with van der Waals surface area (Å²) in [6.07, 6.45) is 2.74. The van der Waals surface area contributed by atoms with Crippen molar-refractivity contribution in [3.63, 3.8) is 0 Å². The number of ketones is 2. The van der Waals surface area contributed by atoms with Crippen LogP contribution in [-0.4, -0.2) is 46.4 Å². The van der Waals surface area contributed by atoms with Crippen LogP contribution >= 0.6 is 0 Å². The normalized spacial score (nSPS) is 20.4. The first-order valence-corrected chi connectivity index (χ1v) is 9.24. The number of carboxylic acids is 1. The van der Waals surface area contributed by atoms with E-state index in [0.29, 0.717) is 24.8 Å². The summed E-state index contributed by atoms with van der Waals surface area (Å²) in [4.78, 5) is 47.4. The fraction of sp³-hybridized carbons (Fsp3) is 0.333. The second-order valence-electron chi connectivity index (χ2n) is 6.77. The molecule has 8 nitrogen and oxygen atoms in total. The van der Waals surface area contributed by atoms with Crippen molar-refractivity contribution in [3.05, 3.63) is 59.1 Å². The van der Waals surface area contributed by atoms with Crippen molar-refractivity contribution in [2.45, 2.75) is 31.8 Å². The van der Waals surface area contributed by atoms with Gasteiger partial charge in [-0.3, -0.25) is 14.4 Å². The molecule has 1 aromatic carbocycles. The summed E-state index contributed by atoms with van der Waals surface area (Å²) < 4.78 is 10.4. The molecule has 0 amide bonds. The van der Waals surface area contributed by atoms with Crippen LogP contribution < -0.4 is 0 Å². The molecule has 0 bridgehead atoms. The van der Waals surface area contributed by atoms with E-state index in [-0.39, 0.29) is 35.9 Å². The first-order chi connectivity index (χ1) is 13.9. The van der Waals surface area contributed by atoms with E-state index in [1.165, 1.54) is 6.08 Å². The van der Waals surface area contributed by atoms with Gasteiger partial charge in [0, 0.05) is 17.5 Å². The van der Waals surface area contributed by atoms with E-state index in [0.717, 1.165) is 6.08 Å². The quantitative estimate of drug-likeness (QED) is 0.295. The van der Waals surface area contributed by atoms with E-state index in [2.05, 4.69) is 0 Å². The molecule has 0 saturated heterocycles. The number of aliphatic carboxylic acids is 1. The Morgan fingerprint density at radius 3 is 2.41 bits per heavy atom. The molecular formula is C21H20O8. The molecule has 1 aliphatic heterocycles. The highest BCUT2D eigenvalue weighted by molar-refractivity contribution is 6.18. The van der Waals surface area contributed by atoms with Crippen LogP contribution in [0.5, 0.6) is 0 Å². The molecule has 8 heteroatoms. The van der Waals surface area contributed by atoms with Crippen molar-refractivity contribution >= 4 is 23.5 Å². The predicted molar refractivity (Wildman–Crippen MR) is 99.3 cm³/mol. The number of unbranched alkanes of at least 4 members (excludes halogenated alkanes) is 2. The molecule has 1 heterocycles. The number of fused-ring (bicyclic) bond motifs is 2. The van der Waals surface area contributed by atoms with E-state index in [1.54, 1.807) is 24.3 Å². The van der Waals surface area contributed by atoms with Gasteiger partial charge in [0.2, 0.25) is 5.78 Å². The lowest BCUT2D eigenvalue weighted by Gasteiger charge is -2.24. The SMILES string of the molecule is O=C(O)CCCCCOC(=O)/C=C(\O)C1=CC2C(=O)c3ccccc3C(=O)C2O1. The van der Waals surface area contributed by atoms with Crippen molar-refractivity contribution in [2.75, 3.05) is 6.61 Å². The fourth-order valence-corrected chi connectivity index (χ4v) is 3.27. The molecule has 0 fully saturated rings. The number of esters is 1. The van der Waals surface area contributed by atoms with Crippen LogP contribution in [0.15, 0.2) is 47.9 Å².